The van der Waals surface area contributed by atoms with E-state index in [1.165, 1.54) is 12.1 Å². The van der Waals surface area contributed by atoms with Crippen molar-refractivity contribution in [3.05, 3.63) is 24.3 Å². The highest BCUT2D eigenvalue weighted by molar-refractivity contribution is 8.00. The zero-order valence-corrected chi connectivity index (χ0v) is 17.7. The van der Waals surface area contributed by atoms with Gasteiger partial charge in [-0.1, -0.05) is 6.42 Å². The molecule has 1 aromatic rings. The van der Waals surface area contributed by atoms with Crippen LogP contribution in [0.4, 0.5) is 10.5 Å². The fraction of sp³-hybridized carbons (Fsp3) is 0.556. The molecule has 3 rings (SSSR count). The second kappa shape index (κ2) is 9.79. The molecule has 9 nitrogen and oxygen atoms in total. The molecule has 11 heteroatoms. The lowest BCUT2D eigenvalue weighted by molar-refractivity contribution is -0.116. The number of sulfonamides is 1. The maximum atomic E-state index is 12.1. The summed E-state index contributed by atoms with van der Waals surface area (Å²) in [5, 5.41) is 9.08. The number of rotatable bonds is 10. The molecule has 2 heterocycles. The van der Waals surface area contributed by atoms with Gasteiger partial charge in [0.05, 0.1) is 17.0 Å². The summed E-state index contributed by atoms with van der Waals surface area (Å²) >= 11 is 1.87. The number of nitrogens with one attached hydrogen (secondary N) is 4. The van der Waals surface area contributed by atoms with Crippen LogP contribution in [-0.4, -0.2) is 56.5 Å². The predicted molar refractivity (Wildman–Crippen MR) is 113 cm³/mol. The van der Waals surface area contributed by atoms with Crippen LogP contribution in [0.2, 0.25) is 0 Å². The molecule has 2 fully saturated rings. The minimum Gasteiger partial charge on any atom is -0.332 e. The first-order valence-electron chi connectivity index (χ1n) is 9.67. The number of benzene rings is 1. The Labute approximate surface area is 175 Å². The normalized spacial score (nSPS) is 23.3. The van der Waals surface area contributed by atoms with Crippen molar-refractivity contribution in [2.45, 2.75) is 47.9 Å². The van der Waals surface area contributed by atoms with Gasteiger partial charge in [-0.2, -0.15) is 11.8 Å². The van der Waals surface area contributed by atoms with Gasteiger partial charge in [0.15, 0.2) is 0 Å². The average Bonchev–Trinajstić information content (AvgIpc) is 3.23. The van der Waals surface area contributed by atoms with Gasteiger partial charge in [0.1, 0.15) is 0 Å². The highest BCUT2D eigenvalue weighted by Gasteiger charge is 2.42. The van der Waals surface area contributed by atoms with Gasteiger partial charge in [0.2, 0.25) is 15.9 Å². The Morgan fingerprint density at radius 2 is 1.97 bits per heavy atom. The van der Waals surface area contributed by atoms with Gasteiger partial charge >= 0.3 is 6.03 Å². The number of hydrogen-bond acceptors (Lipinski definition) is 6. The Hall–Kier alpha value is -1.82. The highest BCUT2D eigenvalue weighted by Crippen LogP contribution is 2.33. The number of hydrogen-bond donors (Lipinski definition) is 5. The number of urea groups is 1. The van der Waals surface area contributed by atoms with Crippen molar-refractivity contribution < 1.29 is 18.0 Å². The van der Waals surface area contributed by atoms with Gasteiger partial charge in [-0.25, -0.2) is 17.9 Å². The zero-order valence-electron chi connectivity index (χ0n) is 16.0. The maximum absolute atomic E-state index is 12.1. The van der Waals surface area contributed by atoms with Crippen LogP contribution >= 0.6 is 11.8 Å². The standard InChI is InChI=1S/C18H27N5O4S2/c19-9-10-20-29(26,27)13-7-5-12(6-8-13)21-16(24)4-2-1-3-15-17-14(11-28-15)22-18(25)23-17/h5-8,14-15,17,20H,1-4,9-11,19H2,(H,21,24)(H2,22,23,25)/t14-,15-,17-/m0/s1. The second-order valence-electron chi connectivity index (χ2n) is 7.13. The molecule has 2 saturated heterocycles. The van der Waals surface area contributed by atoms with Gasteiger partial charge in [-0.15, -0.1) is 0 Å². The fourth-order valence-electron chi connectivity index (χ4n) is 3.49. The van der Waals surface area contributed by atoms with E-state index in [4.69, 9.17) is 5.73 Å². The van der Waals surface area contributed by atoms with Crippen LogP contribution < -0.4 is 26.4 Å². The Morgan fingerprint density at radius 3 is 2.69 bits per heavy atom. The van der Waals surface area contributed by atoms with Gasteiger partial charge < -0.3 is 21.7 Å². The van der Waals surface area contributed by atoms with E-state index in [1.54, 1.807) is 12.1 Å². The molecule has 0 aliphatic carbocycles. The lowest BCUT2D eigenvalue weighted by Gasteiger charge is -2.16. The monoisotopic (exact) mass is 441 g/mol. The number of nitrogens with two attached hydrogens (primary N) is 1. The van der Waals surface area contributed by atoms with E-state index >= 15 is 0 Å². The van der Waals surface area contributed by atoms with Gasteiger partial charge in [0.25, 0.3) is 0 Å². The number of amides is 3. The quantitative estimate of drug-likeness (QED) is 0.266. The van der Waals surface area contributed by atoms with Gasteiger partial charge in [-0.05, 0) is 37.1 Å². The molecule has 2 aliphatic rings. The molecule has 2 aliphatic heterocycles. The molecule has 3 atom stereocenters. The molecule has 160 valence electrons. The van der Waals surface area contributed by atoms with E-state index in [-0.39, 0.29) is 42.0 Å². The summed E-state index contributed by atoms with van der Waals surface area (Å²) in [6, 6.07) is 6.37. The van der Waals surface area contributed by atoms with E-state index in [9.17, 15) is 18.0 Å². The number of thioether (sulfide) groups is 1. The van der Waals surface area contributed by atoms with Crippen molar-refractivity contribution in [2.24, 2.45) is 5.73 Å². The Morgan fingerprint density at radius 1 is 1.21 bits per heavy atom. The minimum absolute atomic E-state index is 0.0846. The summed E-state index contributed by atoms with van der Waals surface area (Å²) in [5.74, 6) is 0.830. The molecular weight excluding hydrogens is 414 g/mol. The predicted octanol–water partition coefficient (Wildman–Crippen LogP) is 0.588. The fourth-order valence-corrected chi connectivity index (χ4v) is 6.08. The largest absolute Gasteiger partial charge is 0.332 e. The molecular formula is C18H27N5O4S2. The highest BCUT2D eigenvalue weighted by atomic mass is 32.2. The van der Waals surface area contributed by atoms with Crippen LogP contribution in [0.15, 0.2) is 29.2 Å². The topological polar surface area (TPSA) is 142 Å². The van der Waals surface area contributed by atoms with E-state index in [0.717, 1.165) is 25.0 Å². The van der Waals surface area contributed by atoms with Crippen molar-refractivity contribution in [1.82, 2.24) is 15.4 Å². The average molecular weight is 442 g/mol. The van der Waals surface area contributed by atoms with Crippen LogP contribution in [0, 0.1) is 0 Å². The summed E-state index contributed by atoms with van der Waals surface area (Å²) in [6.07, 6.45) is 3.03. The molecule has 0 bridgehead atoms. The van der Waals surface area contributed by atoms with Crippen molar-refractivity contribution >= 4 is 39.4 Å². The third kappa shape index (κ3) is 5.84. The number of carbonyl (C=O) groups excluding carboxylic acids is 2. The SMILES string of the molecule is NCCNS(=O)(=O)c1ccc(NC(=O)CCCC[C@@H]2SC[C@@H]3NC(=O)N[C@@H]32)cc1. The third-order valence-electron chi connectivity index (χ3n) is 4.97. The molecule has 0 aromatic heterocycles. The third-order valence-corrected chi connectivity index (χ3v) is 7.95. The van der Waals surface area contributed by atoms with Crippen LogP contribution in [0.5, 0.6) is 0 Å². The minimum atomic E-state index is -3.58. The summed E-state index contributed by atoms with van der Waals surface area (Å²) in [7, 11) is -3.58. The zero-order chi connectivity index (χ0) is 20.9. The van der Waals surface area contributed by atoms with Crippen LogP contribution in [0.3, 0.4) is 0 Å². The van der Waals surface area contributed by atoms with E-state index in [1.807, 2.05) is 11.8 Å². The Bertz CT molecular complexity index is 831. The summed E-state index contributed by atoms with van der Waals surface area (Å²) in [5.41, 5.74) is 5.87. The van der Waals surface area contributed by atoms with Crippen LogP contribution in [0.25, 0.3) is 0 Å². The van der Waals surface area contributed by atoms with Gasteiger partial charge in [0, 0.05) is 36.2 Å². The van der Waals surface area contributed by atoms with Crippen molar-refractivity contribution in [3.8, 4) is 0 Å². The summed E-state index contributed by atoms with van der Waals surface area (Å²) in [4.78, 5) is 23.7. The smallest absolute Gasteiger partial charge is 0.315 e. The maximum Gasteiger partial charge on any atom is 0.315 e. The number of anilines is 1. The van der Waals surface area contributed by atoms with E-state index < -0.39 is 10.0 Å². The first-order chi connectivity index (χ1) is 13.9. The molecule has 0 unspecified atom stereocenters. The van der Waals surface area contributed by atoms with E-state index in [2.05, 4.69) is 20.7 Å². The van der Waals surface area contributed by atoms with Crippen molar-refractivity contribution in [3.63, 3.8) is 0 Å². The second-order valence-corrected chi connectivity index (χ2v) is 10.2. The molecule has 1 aromatic carbocycles. The molecule has 0 saturated carbocycles. The van der Waals surface area contributed by atoms with Gasteiger partial charge in [-0.3, -0.25) is 4.79 Å². The van der Waals surface area contributed by atoms with Crippen LogP contribution in [0.1, 0.15) is 25.7 Å². The van der Waals surface area contributed by atoms with Crippen molar-refractivity contribution in [1.29, 1.82) is 0 Å². The first-order valence-corrected chi connectivity index (χ1v) is 12.2. The molecule has 29 heavy (non-hydrogen) atoms. The lowest BCUT2D eigenvalue weighted by Crippen LogP contribution is -2.36. The lowest BCUT2D eigenvalue weighted by atomic mass is 10.0. The summed E-state index contributed by atoms with van der Waals surface area (Å²) in [6.45, 7) is 0.393. The Balaban J connectivity index is 1.38. The number of fused-ring (bicyclic) bond motifs is 1. The Kier molecular flexibility index (Phi) is 7.38. The molecule has 3 amide bonds. The molecule has 6 N–H and O–H groups in total. The van der Waals surface area contributed by atoms with E-state index in [0.29, 0.717) is 17.4 Å². The van der Waals surface area contributed by atoms with Crippen molar-refractivity contribution in [2.75, 3.05) is 24.2 Å². The number of unbranched alkanes of at least 4 members (excludes halogenated alkanes) is 1. The summed E-state index contributed by atoms with van der Waals surface area (Å²) < 4.78 is 26.4. The number of carbonyl (C=O) groups is 2. The molecule has 0 spiro atoms. The van der Waals surface area contributed by atoms with Crippen LogP contribution in [-0.2, 0) is 14.8 Å². The first kappa shape index (κ1) is 21.9. The molecule has 0 radical (unpaired) electrons.